The summed E-state index contributed by atoms with van der Waals surface area (Å²) in [5.41, 5.74) is 0.787. The van der Waals surface area contributed by atoms with Gasteiger partial charge >= 0.3 is 0 Å². The molecule has 0 atom stereocenters. The van der Waals surface area contributed by atoms with Gasteiger partial charge in [-0.3, -0.25) is 0 Å². The molecule has 0 unspecified atom stereocenters. The molecule has 1 aromatic carbocycles. The SMILES string of the molecule is OCc1cc(Br)ccc1OCc1cc(Br)cs1. The first-order valence-electron chi connectivity index (χ1n) is 4.94. The van der Waals surface area contributed by atoms with Crippen LogP contribution in [0.5, 0.6) is 5.75 Å². The molecule has 17 heavy (non-hydrogen) atoms. The largest absolute Gasteiger partial charge is 0.488 e. The van der Waals surface area contributed by atoms with Crippen LogP contribution in [0.3, 0.4) is 0 Å². The number of hydrogen-bond donors (Lipinski definition) is 1. The maximum absolute atomic E-state index is 9.24. The van der Waals surface area contributed by atoms with E-state index in [9.17, 15) is 5.11 Å². The van der Waals surface area contributed by atoms with Crippen LogP contribution >= 0.6 is 43.2 Å². The second-order valence-corrected chi connectivity index (χ2v) is 6.26. The number of aliphatic hydroxyl groups is 1. The monoisotopic (exact) mass is 376 g/mol. The van der Waals surface area contributed by atoms with Crippen LogP contribution in [0.25, 0.3) is 0 Å². The molecule has 0 radical (unpaired) electrons. The lowest BCUT2D eigenvalue weighted by atomic mass is 10.2. The van der Waals surface area contributed by atoms with Crippen LogP contribution in [0.15, 0.2) is 38.6 Å². The number of thiophene rings is 1. The number of halogens is 2. The van der Waals surface area contributed by atoms with Crippen molar-refractivity contribution >= 4 is 43.2 Å². The fourth-order valence-corrected chi connectivity index (χ4v) is 3.16. The Balaban J connectivity index is 2.08. The second-order valence-electron chi connectivity index (χ2n) is 3.43. The van der Waals surface area contributed by atoms with E-state index in [1.807, 2.05) is 29.6 Å². The molecule has 2 nitrogen and oxygen atoms in total. The fraction of sp³-hybridized carbons (Fsp3) is 0.167. The summed E-state index contributed by atoms with van der Waals surface area (Å²) in [6, 6.07) is 7.65. The summed E-state index contributed by atoms with van der Waals surface area (Å²) >= 11 is 8.41. The third-order valence-electron chi connectivity index (χ3n) is 2.18. The fourth-order valence-electron chi connectivity index (χ4n) is 1.39. The van der Waals surface area contributed by atoms with Gasteiger partial charge in [-0.25, -0.2) is 0 Å². The number of aliphatic hydroxyl groups excluding tert-OH is 1. The van der Waals surface area contributed by atoms with Gasteiger partial charge in [-0.05, 0) is 40.2 Å². The zero-order chi connectivity index (χ0) is 12.3. The van der Waals surface area contributed by atoms with E-state index in [0.29, 0.717) is 6.61 Å². The van der Waals surface area contributed by atoms with E-state index in [1.54, 1.807) is 11.3 Å². The molecular weight excluding hydrogens is 368 g/mol. The minimum absolute atomic E-state index is 0.0249. The summed E-state index contributed by atoms with van der Waals surface area (Å²) in [5.74, 6) is 0.722. The molecule has 0 fully saturated rings. The molecule has 2 aromatic rings. The van der Waals surface area contributed by atoms with Crippen molar-refractivity contribution in [2.24, 2.45) is 0 Å². The minimum Gasteiger partial charge on any atom is -0.488 e. The highest BCUT2D eigenvalue weighted by molar-refractivity contribution is 9.10. The van der Waals surface area contributed by atoms with Crippen molar-refractivity contribution in [2.45, 2.75) is 13.2 Å². The molecule has 1 N–H and O–H groups in total. The molecule has 90 valence electrons. The Bertz CT molecular complexity index is 511. The van der Waals surface area contributed by atoms with Crippen molar-refractivity contribution < 1.29 is 9.84 Å². The molecule has 1 aromatic heterocycles. The van der Waals surface area contributed by atoms with Crippen LogP contribution in [-0.4, -0.2) is 5.11 Å². The van der Waals surface area contributed by atoms with Gasteiger partial charge in [0, 0.05) is 24.8 Å². The predicted octanol–water partition coefficient (Wildman–Crippen LogP) is 4.34. The van der Waals surface area contributed by atoms with Crippen molar-refractivity contribution in [2.75, 3.05) is 0 Å². The van der Waals surface area contributed by atoms with Gasteiger partial charge in [0.25, 0.3) is 0 Å². The topological polar surface area (TPSA) is 29.5 Å². The first kappa shape index (κ1) is 13.1. The van der Waals surface area contributed by atoms with Crippen LogP contribution in [0, 0.1) is 0 Å². The smallest absolute Gasteiger partial charge is 0.125 e. The molecule has 0 aliphatic rings. The van der Waals surface area contributed by atoms with Crippen LogP contribution in [-0.2, 0) is 13.2 Å². The Labute approximate surface area is 121 Å². The summed E-state index contributed by atoms with van der Waals surface area (Å²) in [6.07, 6.45) is 0. The second kappa shape index (κ2) is 6.00. The Hall–Kier alpha value is -0.360. The maximum Gasteiger partial charge on any atom is 0.125 e. The normalized spacial score (nSPS) is 10.5. The van der Waals surface area contributed by atoms with E-state index in [4.69, 9.17) is 4.74 Å². The minimum atomic E-state index is -0.0249. The number of benzene rings is 1. The number of ether oxygens (including phenoxy) is 1. The molecule has 0 spiro atoms. The predicted molar refractivity (Wildman–Crippen MR) is 76.4 cm³/mol. The highest BCUT2D eigenvalue weighted by Crippen LogP contribution is 2.26. The van der Waals surface area contributed by atoms with Crippen LogP contribution in [0.2, 0.25) is 0 Å². The van der Waals surface area contributed by atoms with E-state index >= 15 is 0 Å². The molecular formula is C12H10Br2O2S. The molecule has 0 aliphatic carbocycles. The third kappa shape index (κ3) is 3.55. The highest BCUT2D eigenvalue weighted by Gasteiger charge is 2.05. The van der Waals surface area contributed by atoms with Crippen LogP contribution < -0.4 is 4.74 Å². The maximum atomic E-state index is 9.24. The van der Waals surface area contributed by atoms with E-state index in [0.717, 1.165) is 25.1 Å². The van der Waals surface area contributed by atoms with Crippen LogP contribution in [0.4, 0.5) is 0 Å². The Morgan fingerprint density at radius 3 is 2.65 bits per heavy atom. The van der Waals surface area contributed by atoms with E-state index < -0.39 is 0 Å². The standard InChI is InChI=1S/C12H10Br2O2S/c13-9-1-2-12(8(3-9)5-15)16-6-11-4-10(14)7-17-11/h1-4,7,15H,5-6H2. The van der Waals surface area contributed by atoms with Gasteiger partial charge in [-0.2, -0.15) is 0 Å². The van der Waals surface area contributed by atoms with Crippen LogP contribution in [0.1, 0.15) is 10.4 Å². The number of hydrogen-bond acceptors (Lipinski definition) is 3. The van der Waals surface area contributed by atoms with E-state index in [-0.39, 0.29) is 6.61 Å². The quantitative estimate of drug-likeness (QED) is 0.858. The van der Waals surface area contributed by atoms with Gasteiger partial charge < -0.3 is 9.84 Å². The molecule has 2 rings (SSSR count). The first-order valence-corrected chi connectivity index (χ1v) is 7.40. The van der Waals surface area contributed by atoms with Gasteiger partial charge in [-0.15, -0.1) is 11.3 Å². The lowest BCUT2D eigenvalue weighted by Gasteiger charge is -2.09. The summed E-state index contributed by atoms with van der Waals surface area (Å²) in [7, 11) is 0. The molecule has 0 bridgehead atoms. The Morgan fingerprint density at radius 2 is 2.00 bits per heavy atom. The van der Waals surface area contributed by atoms with E-state index in [1.165, 1.54) is 0 Å². The van der Waals surface area contributed by atoms with E-state index in [2.05, 4.69) is 31.9 Å². The van der Waals surface area contributed by atoms with Gasteiger partial charge in [0.15, 0.2) is 0 Å². The lowest BCUT2D eigenvalue weighted by Crippen LogP contribution is -1.97. The van der Waals surface area contributed by atoms with Crippen molar-refractivity contribution in [1.29, 1.82) is 0 Å². The molecule has 5 heteroatoms. The summed E-state index contributed by atoms with van der Waals surface area (Å²) in [5, 5.41) is 11.3. The van der Waals surface area contributed by atoms with Gasteiger partial charge in [0.2, 0.25) is 0 Å². The molecule has 1 heterocycles. The van der Waals surface area contributed by atoms with Gasteiger partial charge in [-0.1, -0.05) is 15.9 Å². The summed E-state index contributed by atoms with van der Waals surface area (Å²) < 4.78 is 7.70. The zero-order valence-electron chi connectivity index (χ0n) is 8.82. The average molecular weight is 378 g/mol. The summed E-state index contributed by atoms with van der Waals surface area (Å²) in [4.78, 5) is 1.14. The van der Waals surface area contributed by atoms with Crippen molar-refractivity contribution in [3.8, 4) is 5.75 Å². The van der Waals surface area contributed by atoms with Crippen molar-refractivity contribution in [1.82, 2.24) is 0 Å². The third-order valence-corrected chi connectivity index (χ3v) is 4.35. The highest BCUT2D eigenvalue weighted by atomic mass is 79.9. The molecule has 0 saturated carbocycles. The zero-order valence-corrected chi connectivity index (χ0v) is 12.8. The Kier molecular flexibility index (Phi) is 4.62. The molecule has 0 amide bonds. The Morgan fingerprint density at radius 1 is 1.18 bits per heavy atom. The molecule has 0 saturated heterocycles. The average Bonchev–Trinajstić information content (AvgIpc) is 2.73. The van der Waals surface area contributed by atoms with Gasteiger partial charge in [0.1, 0.15) is 12.4 Å². The van der Waals surface area contributed by atoms with Crippen molar-refractivity contribution in [3.63, 3.8) is 0 Å². The lowest BCUT2D eigenvalue weighted by molar-refractivity contribution is 0.260. The van der Waals surface area contributed by atoms with Crippen molar-refractivity contribution in [3.05, 3.63) is 49.0 Å². The first-order chi connectivity index (χ1) is 8.19. The van der Waals surface area contributed by atoms with Gasteiger partial charge in [0.05, 0.1) is 6.61 Å². The molecule has 0 aliphatic heterocycles. The number of rotatable bonds is 4. The summed E-state index contributed by atoms with van der Waals surface area (Å²) in [6.45, 7) is 0.494.